The van der Waals surface area contributed by atoms with E-state index < -0.39 is 0 Å². The van der Waals surface area contributed by atoms with Gasteiger partial charge >= 0.3 is 0 Å². The Labute approximate surface area is 141 Å². The Hall–Kier alpha value is -2.40. The molecule has 0 spiro atoms. The third kappa shape index (κ3) is 2.55. The minimum absolute atomic E-state index is 0.0122. The van der Waals surface area contributed by atoms with Gasteiger partial charge in [-0.1, -0.05) is 12.1 Å². The number of hydrogen-bond donors (Lipinski definition) is 2. The van der Waals surface area contributed by atoms with Crippen LogP contribution in [-0.2, 0) is 0 Å². The molecule has 2 aliphatic rings. The van der Waals surface area contributed by atoms with Gasteiger partial charge in [0.05, 0.1) is 31.3 Å². The Morgan fingerprint density at radius 2 is 1.75 bits per heavy atom. The van der Waals surface area contributed by atoms with Crippen LogP contribution in [0.25, 0.3) is 0 Å². The summed E-state index contributed by atoms with van der Waals surface area (Å²) in [5.41, 5.74) is 1.95. The molecule has 5 nitrogen and oxygen atoms in total. The number of methoxy groups -OCH3 is 1. The summed E-state index contributed by atoms with van der Waals surface area (Å²) in [7, 11) is 1.69. The summed E-state index contributed by atoms with van der Waals surface area (Å²) >= 11 is 0. The average molecular weight is 328 g/mol. The first kappa shape index (κ1) is 15.1. The number of hydrogen-bond acceptors (Lipinski definition) is 4. The van der Waals surface area contributed by atoms with Gasteiger partial charge in [0, 0.05) is 18.9 Å². The first-order valence-electron chi connectivity index (χ1n) is 8.38. The van der Waals surface area contributed by atoms with E-state index in [9.17, 15) is 5.11 Å². The van der Waals surface area contributed by atoms with Gasteiger partial charge in [-0.15, -0.1) is 0 Å². The van der Waals surface area contributed by atoms with Crippen molar-refractivity contribution < 1.29 is 24.2 Å². The molecule has 0 saturated carbocycles. The van der Waals surface area contributed by atoms with Crippen molar-refractivity contribution in [3.8, 4) is 23.0 Å². The quantitative estimate of drug-likeness (QED) is 0.900. The molecule has 2 aromatic rings. The molecule has 2 aromatic carbocycles. The molecule has 0 bridgehead atoms. The summed E-state index contributed by atoms with van der Waals surface area (Å²) in [4.78, 5) is 1.44. The van der Waals surface area contributed by atoms with Crippen molar-refractivity contribution in [2.45, 2.75) is 18.9 Å². The molecule has 1 atom stereocenters. The molecule has 2 aliphatic heterocycles. The van der Waals surface area contributed by atoms with Crippen molar-refractivity contribution in [3.63, 3.8) is 0 Å². The van der Waals surface area contributed by atoms with Crippen molar-refractivity contribution in [2.24, 2.45) is 0 Å². The maximum Gasteiger partial charge on any atom is 0.231 e. The van der Waals surface area contributed by atoms with Crippen LogP contribution in [0.4, 0.5) is 0 Å². The van der Waals surface area contributed by atoms with E-state index in [1.807, 2.05) is 24.3 Å². The number of nitrogens with one attached hydrogen (secondary N) is 1. The smallest absolute Gasteiger partial charge is 0.231 e. The average Bonchev–Trinajstić information content (AvgIpc) is 3.27. The summed E-state index contributed by atoms with van der Waals surface area (Å²) < 4.78 is 16.5. The van der Waals surface area contributed by atoms with E-state index in [1.54, 1.807) is 13.2 Å². The van der Waals surface area contributed by atoms with Gasteiger partial charge in [0.15, 0.2) is 11.5 Å². The monoisotopic (exact) mass is 328 g/mol. The summed E-state index contributed by atoms with van der Waals surface area (Å²) in [6.07, 6.45) is 2.40. The number of phenols is 1. The normalized spacial score (nSPS) is 17.9. The van der Waals surface area contributed by atoms with Gasteiger partial charge < -0.3 is 24.2 Å². The molecule has 2 N–H and O–H groups in total. The minimum atomic E-state index is 0.0122. The van der Waals surface area contributed by atoms with Crippen molar-refractivity contribution in [3.05, 3.63) is 47.5 Å². The largest absolute Gasteiger partial charge is 0.507 e. The van der Waals surface area contributed by atoms with Crippen LogP contribution in [0.5, 0.6) is 23.0 Å². The topological polar surface area (TPSA) is 52.4 Å². The number of ether oxygens (including phenoxy) is 3. The molecule has 0 unspecified atom stereocenters. The molecule has 5 heteroatoms. The van der Waals surface area contributed by atoms with Gasteiger partial charge in [0.25, 0.3) is 0 Å². The molecular weight excluding hydrogens is 306 g/mol. The van der Waals surface area contributed by atoms with Crippen LogP contribution in [-0.4, -0.2) is 32.1 Å². The van der Waals surface area contributed by atoms with Crippen molar-refractivity contribution in [1.82, 2.24) is 0 Å². The fourth-order valence-electron chi connectivity index (χ4n) is 3.81. The number of aromatic hydroxyl groups is 1. The number of para-hydroxylation sites is 1. The Bertz CT molecular complexity index is 740. The second-order valence-corrected chi connectivity index (χ2v) is 6.30. The number of phenolic OH excluding ortho intramolecular Hbond substituents is 1. The zero-order valence-corrected chi connectivity index (χ0v) is 13.7. The van der Waals surface area contributed by atoms with Gasteiger partial charge in [-0.3, -0.25) is 0 Å². The first-order chi connectivity index (χ1) is 11.8. The molecule has 0 aromatic heterocycles. The highest BCUT2D eigenvalue weighted by molar-refractivity contribution is 5.54. The maximum absolute atomic E-state index is 10.6. The van der Waals surface area contributed by atoms with Crippen LogP contribution in [0, 0.1) is 0 Å². The van der Waals surface area contributed by atoms with Crippen molar-refractivity contribution in [2.75, 3.05) is 27.0 Å². The molecule has 0 aliphatic carbocycles. The van der Waals surface area contributed by atoms with Crippen LogP contribution in [0.2, 0.25) is 0 Å². The van der Waals surface area contributed by atoms with Crippen LogP contribution in [0.3, 0.4) is 0 Å². The van der Waals surface area contributed by atoms with Gasteiger partial charge in [0.2, 0.25) is 6.79 Å². The molecule has 1 fully saturated rings. The predicted molar refractivity (Wildman–Crippen MR) is 89.0 cm³/mol. The fourth-order valence-corrected chi connectivity index (χ4v) is 3.81. The standard InChI is InChI=1S/C19H21NO4/c1-22-16-7-3-2-6-13(16)19(20-8-4-5-9-20)14-10-17-18(11-15(14)21)24-12-23-17/h2-3,6-7,10-11,19,21H,4-5,8-9,12H2,1H3/p+1/t19-/m1/s1. The van der Waals surface area contributed by atoms with E-state index in [1.165, 1.54) is 17.7 Å². The lowest BCUT2D eigenvalue weighted by molar-refractivity contribution is -0.913. The second-order valence-electron chi connectivity index (χ2n) is 6.30. The third-order valence-electron chi connectivity index (χ3n) is 4.94. The lowest BCUT2D eigenvalue weighted by Crippen LogP contribution is -3.10. The molecule has 24 heavy (non-hydrogen) atoms. The van der Waals surface area contributed by atoms with E-state index in [4.69, 9.17) is 14.2 Å². The molecule has 1 saturated heterocycles. The molecule has 2 heterocycles. The Morgan fingerprint density at radius 3 is 2.50 bits per heavy atom. The summed E-state index contributed by atoms with van der Waals surface area (Å²) in [6, 6.07) is 11.6. The number of rotatable bonds is 4. The van der Waals surface area contributed by atoms with Crippen LogP contribution in [0.15, 0.2) is 36.4 Å². The minimum Gasteiger partial charge on any atom is -0.507 e. The lowest BCUT2D eigenvalue weighted by atomic mass is 9.95. The first-order valence-corrected chi connectivity index (χ1v) is 8.38. The number of fused-ring (bicyclic) bond motifs is 1. The molecular formula is C19H22NO4+. The maximum atomic E-state index is 10.6. The predicted octanol–water partition coefficient (Wildman–Crippen LogP) is 1.90. The van der Waals surface area contributed by atoms with E-state index in [2.05, 4.69) is 6.07 Å². The Kier molecular flexibility index (Phi) is 3.94. The summed E-state index contributed by atoms with van der Waals surface area (Å²) in [5.74, 6) is 2.39. The Balaban J connectivity index is 1.84. The lowest BCUT2D eigenvalue weighted by Gasteiger charge is -2.27. The molecule has 126 valence electrons. The number of benzene rings is 2. The van der Waals surface area contributed by atoms with Gasteiger partial charge in [0.1, 0.15) is 17.5 Å². The second kappa shape index (κ2) is 6.24. The Morgan fingerprint density at radius 1 is 1.04 bits per heavy atom. The van der Waals surface area contributed by atoms with Crippen LogP contribution >= 0.6 is 0 Å². The van der Waals surface area contributed by atoms with Crippen molar-refractivity contribution in [1.29, 1.82) is 0 Å². The highest BCUT2D eigenvalue weighted by atomic mass is 16.7. The van der Waals surface area contributed by atoms with E-state index >= 15 is 0 Å². The SMILES string of the molecule is COc1ccccc1[C@H](c1cc2c(cc1O)OCO2)[NH+]1CCCC1. The fraction of sp³-hybridized carbons (Fsp3) is 0.368. The van der Waals surface area contributed by atoms with Gasteiger partial charge in [-0.2, -0.15) is 0 Å². The highest BCUT2D eigenvalue weighted by Gasteiger charge is 2.34. The van der Waals surface area contributed by atoms with Crippen molar-refractivity contribution >= 4 is 0 Å². The zero-order valence-electron chi connectivity index (χ0n) is 13.7. The van der Waals surface area contributed by atoms with Gasteiger partial charge in [-0.25, -0.2) is 0 Å². The van der Waals surface area contributed by atoms with E-state index in [0.29, 0.717) is 11.5 Å². The molecule has 0 radical (unpaired) electrons. The zero-order chi connectivity index (χ0) is 16.5. The van der Waals surface area contributed by atoms with Crippen LogP contribution in [0.1, 0.15) is 30.0 Å². The summed E-state index contributed by atoms with van der Waals surface area (Å²) in [6.45, 7) is 2.36. The van der Waals surface area contributed by atoms with E-state index in [0.717, 1.165) is 30.0 Å². The van der Waals surface area contributed by atoms with Gasteiger partial charge in [-0.05, 0) is 18.2 Å². The number of likely N-dealkylation sites (tertiary alicyclic amines) is 1. The van der Waals surface area contributed by atoms with Crippen LogP contribution < -0.4 is 19.1 Å². The highest BCUT2D eigenvalue weighted by Crippen LogP contribution is 2.42. The molecule has 0 amide bonds. The number of quaternary nitrogens is 1. The summed E-state index contributed by atoms with van der Waals surface area (Å²) in [5, 5.41) is 10.6. The van der Waals surface area contributed by atoms with E-state index in [-0.39, 0.29) is 18.6 Å². The molecule has 4 rings (SSSR count). The third-order valence-corrected chi connectivity index (χ3v) is 4.94.